The highest BCUT2D eigenvalue weighted by Gasteiger charge is 2.44. The number of aliphatic hydroxyl groups excluding tert-OH is 1. The van der Waals surface area contributed by atoms with Crippen molar-refractivity contribution in [1.82, 2.24) is 0 Å². The highest BCUT2D eigenvalue weighted by molar-refractivity contribution is 9.10. The van der Waals surface area contributed by atoms with E-state index in [0.29, 0.717) is 11.5 Å². The van der Waals surface area contributed by atoms with Crippen molar-refractivity contribution in [3.8, 4) is 11.5 Å². The van der Waals surface area contributed by atoms with E-state index in [1.54, 1.807) is 14.2 Å². The number of ether oxygens (including phenoxy) is 2. The molecule has 0 aromatic heterocycles. The second-order valence-electron chi connectivity index (χ2n) is 4.13. The van der Waals surface area contributed by atoms with E-state index in [4.69, 9.17) is 9.47 Å². The molecule has 3 nitrogen and oxygen atoms in total. The fraction of sp³-hybridized carbons (Fsp3) is 0.500. The lowest BCUT2D eigenvalue weighted by Crippen LogP contribution is -2.12. The monoisotopic (exact) mass is 286 g/mol. The van der Waals surface area contributed by atoms with Crippen molar-refractivity contribution in [3.05, 3.63) is 22.2 Å². The lowest BCUT2D eigenvalue weighted by atomic mass is 9.96. The van der Waals surface area contributed by atoms with Crippen molar-refractivity contribution in [1.29, 1.82) is 0 Å². The quantitative estimate of drug-likeness (QED) is 0.924. The van der Waals surface area contributed by atoms with Crippen LogP contribution in [0.2, 0.25) is 0 Å². The zero-order chi connectivity index (χ0) is 11.8. The molecule has 0 bridgehead atoms. The molecule has 4 heteroatoms. The van der Waals surface area contributed by atoms with Gasteiger partial charge in [-0.2, -0.15) is 0 Å². The van der Waals surface area contributed by atoms with Gasteiger partial charge in [-0.1, -0.05) is 0 Å². The number of rotatable bonds is 4. The SMILES string of the molecule is COc1cc(C2(CO)CC2)cc(Br)c1OC. The topological polar surface area (TPSA) is 38.7 Å². The minimum Gasteiger partial charge on any atom is -0.493 e. The molecule has 1 fully saturated rings. The number of hydrogen-bond acceptors (Lipinski definition) is 3. The van der Waals surface area contributed by atoms with Gasteiger partial charge in [0, 0.05) is 5.41 Å². The number of halogens is 1. The van der Waals surface area contributed by atoms with Gasteiger partial charge >= 0.3 is 0 Å². The molecule has 1 aliphatic rings. The molecule has 88 valence electrons. The molecule has 1 aromatic rings. The van der Waals surface area contributed by atoms with Gasteiger partial charge in [0.05, 0.1) is 25.3 Å². The van der Waals surface area contributed by atoms with Crippen LogP contribution < -0.4 is 9.47 Å². The zero-order valence-corrected chi connectivity index (χ0v) is 11.0. The van der Waals surface area contributed by atoms with Crippen molar-refractivity contribution in [2.45, 2.75) is 18.3 Å². The molecule has 0 spiro atoms. The van der Waals surface area contributed by atoms with Crippen molar-refractivity contribution in [2.24, 2.45) is 0 Å². The fourth-order valence-electron chi connectivity index (χ4n) is 1.91. The summed E-state index contributed by atoms with van der Waals surface area (Å²) in [5.41, 5.74) is 1.06. The summed E-state index contributed by atoms with van der Waals surface area (Å²) < 4.78 is 11.4. The minimum absolute atomic E-state index is 0.0535. The molecule has 1 aromatic carbocycles. The first kappa shape index (κ1) is 11.7. The van der Waals surface area contributed by atoms with Crippen LogP contribution in [0, 0.1) is 0 Å². The van der Waals surface area contributed by atoms with Gasteiger partial charge in [-0.05, 0) is 46.5 Å². The minimum atomic E-state index is -0.0535. The summed E-state index contributed by atoms with van der Waals surface area (Å²) in [4.78, 5) is 0. The van der Waals surface area contributed by atoms with E-state index < -0.39 is 0 Å². The number of hydrogen-bond donors (Lipinski definition) is 1. The molecule has 0 heterocycles. The molecule has 1 N–H and O–H groups in total. The molecule has 0 unspecified atom stereocenters. The van der Waals surface area contributed by atoms with E-state index in [1.807, 2.05) is 12.1 Å². The van der Waals surface area contributed by atoms with Gasteiger partial charge in [0.2, 0.25) is 0 Å². The van der Waals surface area contributed by atoms with Crippen LogP contribution in [0.25, 0.3) is 0 Å². The molecule has 0 aliphatic heterocycles. The zero-order valence-electron chi connectivity index (χ0n) is 9.42. The Kier molecular flexibility index (Phi) is 3.13. The van der Waals surface area contributed by atoms with Crippen molar-refractivity contribution < 1.29 is 14.6 Å². The Morgan fingerprint density at radius 2 is 2.00 bits per heavy atom. The fourth-order valence-corrected chi connectivity index (χ4v) is 2.52. The molecule has 2 rings (SSSR count). The summed E-state index contributed by atoms with van der Waals surface area (Å²) in [5.74, 6) is 1.39. The second-order valence-corrected chi connectivity index (χ2v) is 4.99. The van der Waals surface area contributed by atoms with Crippen molar-refractivity contribution in [3.63, 3.8) is 0 Å². The first-order valence-corrected chi connectivity index (χ1v) is 5.99. The second kappa shape index (κ2) is 4.26. The van der Waals surface area contributed by atoms with E-state index in [2.05, 4.69) is 15.9 Å². The predicted octanol–water partition coefficient (Wildman–Crippen LogP) is 2.49. The molecular formula is C12H15BrO3. The lowest BCUT2D eigenvalue weighted by molar-refractivity contribution is 0.254. The largest absolute Gasteiger partial charge is 0.493 e. The summed E-state index contributed by atoms with van der Waals surface area (Å²) in [6.45, 7) is 0.189. The van der Waals surface area contributed by atoms with Crippen LogP contribution in [0.15, 0.2) is 16.6 Å². The first-order valence-electron chi connectivity index (χ1n) is 5.20. The molecule has 0 saturated heterocycles. The summed E-state index contributed by atoms with van der Waals surface area (Å²) in [6, 6.07) is 3.96. The average Bonchev–Trinajstić information content (AvgIpc) is 3.08. The van der Waals surface area contributed by atoms with E-state index in [-0.39, 0.29) is 12.0 Å². The molecule has 1 aliphatic carbocycles. The molecule has 1 saturated carbocycles. The number of aliphatic hydroxyl groups is 1. The standard InChI is InChI=1S/C12H15BrO3/c1-15-10-6-8(12(7-14)3-4-12)5-9(13)11(10)16-2/h5-6,14H,3-4,7H2,1-2H3. The summed E-state index contributed by atoms with van der Waals surface area (Å²) in [7, 11) is 3.23. The first-order chi connectivity index (χ1) is 7.66. The summed E-state index contributed by atoms with van der Waals surface area (Å²) in [5, 5.41) is 9.40. The van der Waals surface area contributed by atoms with Gasteiger partial charge in [-0.15, -0.1) is 0 Å². The van der Waals surface area contributed by atoms with E-state index in [0.717, 1.165) is 22.9 Å². The van der Waals surface area contributed by atoms with Gasteiger partial charge in [0.25, 0.3) is 0 Å². The Labute approximate surface area is 104 Å². The van der Waals surface area contributed by atoms with Gasteiger partial charge in [0.1, 0.15) is 0 Å². The average molecular weight is 287 g/mol. The van der Waals surface area contributed by atoms with E-state index in [1.165, 1.54) is 0 Å². The summed E-state index contributed by atoms with van der Waals surface area (Å²) >= 11 is 3.46. The van der Waals surface area contributed by atoms with Gasteiger partial charge < -0.3 is 14.6 Å². The Morgan fingerprint density at radius 3 is 2.44 bits per heavy atom. The van der Waals surface area contributed by atoms with Crippen LogP contribution in [-0.4, -0.2) is 25.9 Å². The number of benzene rings is 1. The third-order valence-corrected chi connectivity index (χ3v) is 3.79. The van der Waals surface area contributed by atoms with Gasteiger partial charge in [-0.25, -0.2) is 0 Å². The van der Waals surface area contributed by atoms with Crippen LogP contribution in [0.1, 0.15) is 18.4 Å². The lowest BCUT2D eigenvalue weighted by Gasteiger charge is -2.16. The highest BCUT2D eigenvalue weighted by Crippen LogP contribution is 2.50. The maximum Gasteiger partial charge on any atom is 0.174 e. The Morgan fingerprint density at radius 1 is 1.31 bits per heavy atom. The number of methoxy groups -OCH3 is 2. The molecule has 0 radical (unpaired) electrons. The third-order valence-electron chi connectivity index (χ3n) is 3.20. The van der Waals surface area contributed by atoms with E-state index in [9.17, 15) is 5.11 Å². The van der Waals surface area contributed by atoms with Crippen molar-refractivity contribution >= 4 is 15.9 Å². The van der Waals surface area contributed by atoms with Crippen LogP contribution in [0.5, 0.6) is 11.5 Å². The van der Waals surface area contributed by atoms with E-state index >= 15 is 0 Å². The highest BCUT2D eigenvalue weighted by atomic mass is 79.9. The van der Waals surface area contributed by atoms with Crippen LogP contribution >= 0.6 is 15.9 Å². The van der Waals surface area contributed by atoms with Crippen LogP contribution in [0.3, 0.4) is 0 Å². The third kappa shape index (κ3) is 1.80. The molecular weight excluding hydrogens is 272 g/mol. The molecule has 0 atom stereocenters. The predicted molar refractivity (Wildman–Crippen MR) is 65.2 cm³/mol. The normalized spacial score (nSPS) is 17.0. The van der Waals surface area contributed by atoms with Crippen LogP contribution in [-0.2, 0) is 5.41 Å². The smallest absolute Gasteiger partial charge is 0.174 e. The Hall–Kier alpha value is -0.740. The Bertz CT molecular complexity index is 399. The van der Waals surface area contributed by atoms with Crippen LogP contribution in [0.4, 0.5) is 0 Å². The Balaban J connectivity index is 2.46. The maximum atomic E-state index is 9.40. The molecule has 16 heavy (non-hydrogen) atoms. The van der Waals surface area contributed by atoms with Crippen molar-refractivity contribution in [2.75, 3.05) is 20.8 Å². The van der Waals surface area contributed by atoms with Gasteiger partial charge in [-0.3, -0.25) is 0 Å². The summed E-state index contributed by atoms with van der Waals surface area (Å²) in [6.07, 6.45) is 2.07. The van der Waals surface area contributed by atoms with Gasteiger partial charge in [0.15, 0.2) is 11.5 Å². The molecule has 0 amide bonds. The maximum absolute atomic E-state index is 9.40.